The van der Waals surface area contributed by atoms with E-state index in [0.29, 0.717) is 23.5 Å². The molecule has 2 aromatic rings. The fourth-order valence-electron chi connectivity index (χ4n) is 2.40. The molecule has 0 saturated carbocycles. The SMILES string of the molecule is CC.CC.CC.CC(C)Oc1ncnc2c1ncn2C1C[C@@H](O)C(CO)O1. The van der Waals surface area contributed by atoms with Crippen LogP contribution in [0.2, 0.25) is 0 Å². The molecular formula is C19H36N4O4. The van der Waals surface area contributed by atoms with Crippen LogP contribution >= 0.6 is 0 Å². The largest absolute Gasteiger partial charge is 0.473 e. The van der Waals surface area contributed by atoms with Crippen LogP contribution in [0.5, 0.6) is 5.88 Å². The first-order valence-corrected chi connectivity index (χ1v) is 9.88. The van der Waals surface area contributed by atoms with Crippen LogP contribution < -0.4 is 4.74 Å². The number of fused-ring (bicyclic) bond motifs is 1. The second-order valence-corrected chi connectivity index (χ2v) is 5.28. The zero-order chi connectivity index (χ0) is 21.0. The third-order valence-electron chi connectivity index (χ3n) is 3.37. The van der Waals surface area contributed by atoms with E-state index in [1.807, 2.05) is 55.4 Å². The van der Waals surface area contributed by atoms with E-state index in [1.54, 1.807) is 10.9 Å². The number of ether oxygens (including phenoxy) is 2. The van der Waals surface area contributed by atoms with Crippen LogP contribution in [-0.4, -0.2) is 54.7 Å². The van der Waals surface area contributed by atoms with Gasteiger partial charge in [-0.3, -0.25) is 4.57 Å². The van der Waals surface area contributed by atoms with E-state index < -0.39 is 18.4 Å². The molecule has 8 heteroatoms. The molecule has 156 valence electrons. The molecule has 2 N–H and O–H groups in total. The Morgan fingerprint density at radius 3 is 2.30 bits per heavy atom. The van der Waals surface area contributed by atoms with Gasteiger partial charge < -0.3 is 19.7 Å². The highest BCUT2D eigenvalue weighted by atomic mass is 16.5. The number of aliphatic hydroxyl groups excluding tert-OH is 2. The number of rotatable bonds is 4. The van der Waals surface area contributed by atoms with Crippen LogP contribution in [0.15, 0.2) is 12.7 Å². The molecule has 2 aromatic heterocycles. The lowest BCUT2D eigenvalue weighted by molar-refractivity contribution is -0.0432. The summed E-state index contributed by atoms with van der Waals surface area (Å²) >= 11 is 0. The van der Waals surface area contributed by atoms with Crippen molar-refractivity contribution < 1.29 is 19.7 Å². The molecule has 1 aliphatic rings. The van der Waals surface area contributed by atoms with Crippen LogP contribution in [0.1, 0.15) is 68.0 Å². The average molecular weight is 385 g/mol. The molecule has 3 rings (SSSR count). The van der Waals surface area contributed by atoms with E-state index in [-0.39, 0.29) is 12.7 Å². The van der Waals surface area contributed by atoms with E-state index in [0.717, 1.165) is 0 Å². The van der Waals surface area contributed by atoms with E-state index >= 15 is 0 Å². The number of nitrogens with zero attached hydrogens (tertiary/aromatic N) is 4. The van der Waals surface area contributed by atoms with Crippen molar-refractivity contribution >= 4 is 11.2 Å². The van der Waals surface area contributed by atoms with Gasteiger partial charge in [-0.15, -0.1) is 0 Å². The van der Waals surface area contributed by atoms with Crippen molar-refractivity contribution in [2.45, 2.75) is 86.4 Å². The molecule has 3 heterocycles. The number of hydrogen-bond acceptors (Lipinski definition) is 7. The third-order valence-corrected chi connectivity index (χ3v) is 3.37. The molecule has 2 unspecified atom stereocenters. The monoisotopic (exact) mass is 384 g/mol. The summed E-state index contributed by atoms with van der Waals surface area (Å²) in [5.74, 6) is 0.422. The average Bonchev–Trinajstić information content (AvgIpc) is 3.30. The lowest BCUT2D eigenvalue weighted by atomic mass is 10.2. The minimum absolute atomic E-state index is 0.0171. The van der Waals surface area contributed by atoms with Gasteiger partial charge in [0.15, 0.2) is 11.2 Å². The molecule has 0 aliphatic carbocycles. The summed E-state index contributed by atoms with van der Waals surface area (Å²) in [5, 5.41) is 19.0. The summed E-state index contributed by atoms with van der Waals surface area (Å²) < 4.78 is 13.0. The second-order valence-electron chi connectivity index (χ2n) is 5.28. The first kappa shape index (κ1) is 25.2. The number of imidazole rings is 1. The van der Waals surface area contributed by atoms with Gasteiger partial charge >= 0.3 is 0 Å². The molecule has 0 aromatic carbocycles. The predicted octanol–water partition coefficient (Wildman–Crippen LogP) is 3.33. The summed E-state index contributed by atoms with van der Waals surface area (Å²) in [6, 6.07) is 0. The lowest BCUT2D eigenvalue weighted by Crippen LogP contribution is -2.24. The molecule has 0 spiro atoms. The summed E-state index contributed by atoms with van der Waals surface area (Å²) in [4.78, 5) is 12.6. The van der Waals surface area contributed by atoms with Crippen molar-refractivity contribution in [3.63, 3.8) is 0 Å². The van der Waals surface area contributed by atoms with E-state index in [1.165, 1.54) is 6.33 Å². The highest BCUT2D eigenvalue weighted by molar-refractivity contribution is 5.76. The van der Waals surface area contributed by atoms with Crippen LogP contribution in [-0.2, 0) is 4.74 Å². The van der Waals surface area contributed by atoms with Gasteiger partial charge in [0.2, 0.25) is 5.88 Å². The molecule has 8 nitrogen and oxygen atoms in total. The Morgan fingerprint density at radius 2 is 1.78 bits per heavy atom. The van der Waals surface area contributed by atoms with Crippen LogP contribution in [0.25, 0.3) is 11.2 Å². The zero-order valence-electron chi connectivity index (χ0n) is 17.9. The number of aromatic nitrogens is 4. The van der Waals surface area contributed by atoms with Gasteiger partial charge in [0.05, 0.1) is 25.1 Å². The number of hydrogen-bond donors (Lipinski definition) is 2. The van der Waals surface area contributed by atoms with E-state index in [4.69, 9.17) is 14.6 Å². The standard InChI is InChI=1S/C13H18N4O4.3C2H6/c1-7(2)20-13-11-12(14-5-15-13)17(6-16-11)10-3-8(19)9(4-18)21-10;3*1-2/h5-10,18-19H,3-4H2,1-2H3;3*1-2H3/t8-,9?,10?;;;/m1.../s1. The van der Waals surface area contributed by atoms with E-state index in [9.17, 15) is 5.11 Å². The molecule has 0 radical (unpaired) electrons. The fourth-order valence-corrected chi connectivity index (χ4v) is 2.40. The Hall–Kier alpha value is -1.77. The Labute approximate surface area is 162 Å². The smallest absolute Gasteiger partial charge is 0.245 e. The Kier molecular flexibility index (Phi) is 12.5. The van der Waals surface area contributed by atoms with Gasteiger partial charge in [-0.1, -0.05) is 41.5 Å². The topological polar surface area (TPSA) is 103 Å². The van der Waals surface area contributed by atoms with Gasteiger partial charge in [0.25, 0.3) is 0 Å². The third kappa shape index (κ3) is 6.41. The molecule has 1 aliphatic heterocycles. The molecule has 3 atom stereocenters. The molecule has 27 heavy (non-hydrogen) atoms. The van der Waals surface area contributed by atoms with Gasteiger partial charge in [0.1, 0.15) is 18.7 Å². The van der Waals surface area contributed by atoms with Crippen molar-refractivity contribution in [1.82, 2.24) is 19.5 Å². The predicted molar refractivity (Wildman–Crippen MR) is 107 cm³/mol. The highest BCUT2D eigenvalue weighted by Gasteiger charge is 2.35. The van der Waals surface area contributed by atoms with Crippen molar-refractivity contribution in [3.8, 4) is 5.88 Å². The Bertz CT molecular complexity index is 633. The quantitative estimate of drug-likeness (QED) is 0.833. The zero-order valence-corrected chi connectivity index (χ0v) is 17.9. The van der Waals surface area contributed by atoms with Gasteiger partial charge in [-0.05, 0) is 13.8 Å². The van der Waals surface area contributed by atoms with Crippen LogP contribution in [0.4, 0.5) is 0 Å². The Balaban J connectivity index is 0.00000103. The van der Waals surface area contributed by atoms with Gasteiger partial charge in [-0.25, -0.2) is 9.97 Å². The molecule has 1 fully saturated rings. The highest BCUT2D eigenvalue weighted by Crippen LogP contribution is 2.31. The maximum atomic E-state index is 9.83. The Morgan fingerprint density at radius 1 is 1.15 bits per heavy atom. The maximum absolute atomic E-state index is 9.83. The molecule has 1 saturated heterocycles. The molecule has 0 bridgehead atoms. The summed E-state index contributed by atoms with van der Waals surface area (Å²) in [5.41, 5.74) is 1.13. The van der Waals surface area contributed by atoms with Gasteiger partial charge in [-0.2, -0.15) is 4.98 Å². The first-order chi connectivity index (χ1) is 13.1. The first-order valence-electron chi connectivity index (χ1n) is 9.88. The minimum Gasteiger partial charge on any atom is -0.473 e. The minimum atomic E-state index is -0.703. The molecular weight excluding hydrogens is 348 g/mol. The van der Waals surface area contributed by atoms with E-state index in [2.05, 4.69) is 15.0 Å². The van der Waals surface area contributed by atoms with Crippen molar-refractivity contribution in [2.75, 3.05) is 6.61 Å². The maximum Gasteiger partial charge on any atom is 0.245 e. The number of aliphatic hydroxyl groups is 2. The summed E-state index contributed by atoms with van der Waals surface area (Å²) in [7, 11) is 0. The summed E-state index contributed by atoms with van der Waals surface area (Å²) in [6.45, 7) is 15.6. The lowest BCUT2D eigenvalue weighted by Gasteiger charge is -2.14. The van der Waals surface area contributed by atoms with Crippen LogP contribution in [0.3, 0.4) is 0 Å². The van der Waals surface area contributed by atoms with Crippen LogP contribution in [0, 0.1) is 0 Å². The van der Waals surface area contributed by atoms with Gasteiger partial charge in [0, 0.05) is 6.42 Å². The van der Waals surface area contributed by atoms with Crippen molar-refractivity contribution in [2.24, 2.45) is 0 Å². The fraction of sp³-hybridized carbons (Fsp3) is 0.737. The van der Waals surface area contributed by atoms with Crippen molar-refractivity contribution in [3.05, 3.63) is 12.7 Å². The van der Waals surface area contributed by atoms with Crippen molar-refractivity contribution in [1.29, 1.82) is 0 Å². The molecule has 0 amide bonds. The second kappa shape index (κ2) is 13.4. The normalized spacial score (nSPS) is 20.8. The summed E-state index contributed by atoms with van der Waals surface area (Å²) in [6.07, 6.45) is 1.66.